The van der Waals surface area contributed by atoms with E-state index in [-0.39, 0.29) is 23.0 Å². The predicted octanol–water partition coefficient (Wildman–Crippen LogP) is 4.38. The van der Waals surface area contributed by atoms with Gasteiger partial charge in [-0.3, -0.25) is 4.79 Å². The largest absolute Gasteiger partial charge is 0.452 e. The Kier molecular flexibility index (Phi) is 3.66. The second-order valence-electron chi connectivity index (χ2n) is 3.90. The topological polar surface area (TPSA) is 30.2 Å². The van der Waals surface area contributed by atoms with Crippen molar-refractivity contribution in [2.75, 3.05) is 0 Å². The Morgan fingerprint density at radius 3 is 2.26 bits per heavy atom. The molecule has 100 valence electrons. The predicted molar refractivity (Wildman–Crippen MR) is 63.2 cm³/mol. The van der Waals surface area contributed by atoms with Crippen molar-refractivity contribution in [1.29, 1.82) is 0 Å². The number of Topliss-reactive ketones (excluding diaryl/α,β-unsaturated/α-hetero) is 1. The normalized spacial score (nSPS) is 11.6. The van der Waals surface area contributed by atoms with Crippen LogP contribution in [-0.4, -0.2) is 5.78 Å². The Balaban J connectivity index is 2.12. The number of hydrogen-bond donors (Lipinski definition) is 0. The van der Waals surface area contributed by atoms with Gasteiger partial charge < -0.3 is 4.42 Å². The lowest BCUT2D eigenvalue weighted by molar-refractivity contribution is -0.137. The van der Waals surface area contributed by atoms with Crippen LogP contribution in [0.4, 0.5) is 13.2 Å². The fourth-order valence-electron chi connectivity index (χ4n) is 1.59. The number of carbonyl (C=O) groups excluding carboxylic acids is 1. The van der Waals surface area contributed by atoms with E-state index in [0.29, 0.717) is 5.56 Å². The zero-order valence-electron chi connectivity index (χ0n) is 9.50. The first-order chi connectivity index (χ1) is 8.88. The second-order valence-corrected chi connectivity index (χ2v) is 4.25. The summed E-state index contributed by atoms with van der Waals surface area (Å²) < 4.78 is 41.9. The molecule has 0 spiro atoms. The highest BCUT2D eigenvalue weighted by Crippen LogP contribution is 2.29. The van der Waals surface area contributed by atoms with Gasteiger partial charge in [0.25, 0.3) is 0 Å². The Hall–Kier alpha value is -1.75. The first-order valence-electron chi connectivity index (χ1n) is 5.30. The highest BCUT2D eigenvalue weighted by Gasteiger charge is 2.30. The van der Waals surface area contributed by atoms with Crippen LogP contribution in [0, 0.1) is 0 Å². The van der Waals surface area contributed by atoms with E-state index in [2.05, 4.69) is 0 Å². The summed E-state index contributed by atoms with van der Waals surface area (Å²) in [6.45, 7) is 0. The number of benzene rings is 1. The van der Waals surface area contributed by atoms with Gasteiger partial charge in [-0.05, 0) is 35.4 Å². The molecule has 0 amide bonds. The van der Waals surface area contributed by atoms with E-state index in [1.54, 1.807) is 0 Å². The van der Waals surface area contributed by atoms with Gasteiger partial charge in [-0.15, -0.1) is 0 Å². The number of halogens is 4. The lowest BCUT2D eigenvalue weighted by atomic mass is 10.0. The van der Waals surface area contributed by atoms with Gasteiger partial charge in [-0.25, -0.2) is 0 Å². The van der Waals surface area contributed by atoms with Crippen LogP contribution >= 0.6 is 11.6 Å². The van der Waals surface area contributed by atoms with Crippen molar-refractivity contribution in [2.24, 2.45) is 0 Å². The molecule has 1 aromatic carbocycles. The molecule has 1 aromatic heterocycles. The molecule has 0 bridgehead atoms. The van der Waals surface area contributed by atoms with E-state index in [1.165, 1.54) is 24.5 Å². The van der Waals surface area contributed by atoms with Crippen molar-refractivity contribution in [1.82, 2.24) is 0 Å². The minimum absolute atomic E-state index is 0.0167. The maximum absolute atomic E-state index is 12.4. The Labute approximate surface area is 111 Å². The first kappa shape index (κ1) is 13.7. The van der Waals surface area contributed by atoms with E-state index in [9.17, 15) is 18.0 Å². The van der Waals surface area contributed by atoms with Crippen molar-refractivity contribution in [3.05, 3.63) is 58.5 Å². The number of rotatable bonds is 3. The van der Waals surface area contributed by atoms with Gasteiger partial charge in [0.1, 0.15) is 0 Å². The van der Waals surface area contributed by atoms with Crippen LogP contribution in [0.25, 0.3) is 0 Å². The van der Waals surface area contributed by atoms with Crippen LogP contribution in [0.15, 0.2) is 41.0 Å². The summed E-state index contributed by atoms with van der Waals surface area (Å²) in [5.41, 5.74) is -0.0399. The molecule has 2 rings (SSSR count). The number of furan rings is 1. The molecular weight excluding hydrogens is 281 g/mol. The van der Waals surface area contributed by atoms with Crippen LogP contribution in [0.5, 0.6) is 0 Å². The molecule has 0 atom stereocenters. The van der Waals surface area contributed by atoms with Crippen LogP contribution in [0.2, 0.25) is 5.22 Å². The molecule has 0 aliphatic rings. The SMILES string of the molecule is O=C(Cc1ccc(C(F)(F)F)cc1)c1ccoc1Cl. The Morgan fingerprint density at radius 2 is 1.79 bits per heavy atom. The molecular formula is C13H8ClF3O2. The summed E-state index contributed by atoms with van der Waals surface area (Å²) in [6, 6.07) is 5.86. The van der Waals surface area contributed by atoms with Gasteiger partial charge in [0.2, 0.25) is 5.22 Å². The van der Waals surface area contributed by atoms with Crippen LogP contribution in [0.1, 0.15) is 21.5 Å². The molecule has 2 nitrogen and oxygen atoms in total. The number of carbonyl (C=O) groups is 1. The standard InChI is InChI=1S/C13H8ClF3O2/c14-12-10(5-6-19-12)11(18)7-8-1-3-9(4-2-8)13(15,16)17/h1-6H,7H2. The van der Waals surface area contributed by atoms with Gasteiger partial charge in [0.05, 0.1) is 17.4 Å². The van der Waals surface area contributed by atoms with Crippen LogP contribution < -0.4 is 0 Å². The first-order valence-corrected chi connectivity index (χ1v) is 5.68. The summed E-state index contributed by atoms with van der Waals surface area (Å²) in [5, 5.41) is -0.0167. The van der Waals surface area contributed by atoms with Crippen molar-refractivity contribution >= 4 is 17.4 Å². The molecule has 0 unspecified atom stereocenters. The van der Waals surface area contributed by atoms with Crippen molar-refractivity contribution < 1.29 is 22.4 Å². The molecule has 0 aliphatic heterocycles. The molecule has 0 saturated carbocycles. The zero-order valence-corrected chi connectivity index (χ0v) is 10.3. The van der Waals surface area contributed by atoms with Gasteiger partial charge >= 0.3 is 6.18 Å². The molecule has 6 heteroatoms. The van der Waals surface area contributed by atoms with Gasteiger partial charge in [0.15, 0.2) is 5.78 Å². The van der Waals surface area contributed by atoms with Crippen LogP contribution in [-0.2, 0) is 12.6 Å². The summed E-state index contributed by atoms with van der Waals surface area (Å²) in [6.07, 6.45) is -3.13. The van der Waals surface area contributed by atoms with Gasteiger partial charge in [-0.2, -0.15) is 13.2 Å². The molecule has 19 heavy (non-hydrogen) atoms. The Bertz CT molecular complexity index is 585. The summed E-state index contributed by atoms with van der Waals surface area (Å²) in [4.78, 5) is 11.8. The monoisotopic (exact) mass is 288 g/mol. The van der Waals surface area contributed by atoms with Crippen molar-refractivity contribution in [3.8, 4) is 0 Å². The van der Waals surface area contributed by atoms with Crippen LogP contribution in [0.3, 0.4) is 0 Å². The zero-order chi connectivity index (χ0) is 14.0. The van der Waals surface area contributed by atoms with Gasteiger partial charge in [0, 0.05) is 6.42 Å². The third-order valence-corrected chi connectivity index (χ3v) is 2.86. The minimum Gasteiger partial charge on any atom is -0.452 e. The second kappa shape index (κ2) is 5.09. The Morgan fingerprint density at radius 1 is 1.16 bits per heavy atom. The lowest BCUT2D eigenvalue weighted by Gasteiger charge is -2.07. The lowest BCUT2D eigenvalue weighted by Crippen LogP contribution is -2.06. The fraction of sp³-hybridized carbons (Fsp3) is 0.154. The highest BCUT2D eigenvalue weighted by molar-refractivity contribution is 6.32. The molecule has 0 radical (unpaired) electrons. The summed E-state index contributed by atoms with van der Waals surface area (Å²) in [5.74, 6) is -0.307. The maximum Gasteiger partial charge on any atom is 0.416 e. The molecule has 1 heterocycles. The van der Waals surface area contributed by atoms with E-state index in [1.807, 2.05) is 0 Å². The third-order valence-electron chi connectivity index (χ3n) is 2.56. The third kappa shape index (κ3) is 3.17. The van der Waals surface area contributed by atoms with E-state index < -0.39 is 11.7 Å². The number of ketones is 1. The minimum atomic E-state index is -4.38. The van der Waals surface area contributed by atoms with Crippen molar-refractivity contribution in [3.63, 3.8) is 0 Å². The van der Waals surface area contributed by atoms with Gasteiger partial charge in [-0.1, -0.05) is 12.1 Å². The number of hydrogen-bond acceptors (Lipinski definition) is 2. The molecule has 0 aliphatic carbocycles. The average Bonchev–Trinajstić information content (AvgIpc) is 2.75. The molecule has 2 aromatic rings. The van der Waals surface area contributed by atoms with E-state index in [0.717, 1.165) is 12.1 Å². The average molecular weight is 289 g/mol. The van der Waals surface area contributed by atoms with E-state index >= 15 is 0 Å². The molecule has 0 saturated heterocycles. The summed E-state index contributed by atoms with van der Waals surface area (Å²) >= 11 is 5.65. The van der Waals surface area contributed by atoms with E-state index in [4.69, 9.17) is 16.0 Å². The molecule has 0 fully saturated rings. The van der Waals surface area contributed by atoms with Crippen molar-refractivity contribution in [2.45, 2.75) is 12.6 Å². The quantitative estimate of drug-likeness (QED) is 0.785. The highest BCUT2D eigenvalue weighted by atomic mass is 35.5. The number of alkyl halides is 3. The fourth-order valence-corrected chi connectivity index (χ4v) is 1.81. The maximum atomic E-state index is 12.4. The molecule has 0 N–H and O–H groups in total. The summed E-state index contributed by atoms with van der Waals surface area (Å²) in [7, 11) is 0. The smallest absolute Gasteiger partial charge is 0.416 e.